The Labute approximate surface area is 183 Å². The van der Waals surface area contributed by atoms with Crippen LogP contribution in [0.5, 0.6) is 0 Å². The Bertz CT molecular complexity index is 1050. The fourth-order valence-corrected chi connectivity index (χ4v) is 3.97. The molecule has 2 heterocycles. The van der Waals surface area contributed by atoms with Crippen LogP contribution < -0.4 is 5.32 Å². The van der Waals surface area contributed by atoms with Crippen molar-refractivity contribution in [3.8, 4) is 5.69 Å². The molecule has 1 fully saturated rings. The standard InChI is InChI=1S/C21H19Cl2N5O2/c22-15-6-9-18(17(23)11-15)26-20(29)19-3-1-2-10-27(19)21(30)14-4-7-16(8-5-14)28-13-24-12-25-28/h4-9,11-13,19H,1-3,10H2,(H,26,29). The van der Waals surface area contributed by atoms with Gasteiger partial charge in [-0.3, -0.25) is 9.59 Å². The highest BCUT2D eigenvalue weighted by atomic mass is 35.5. The molecule has 154 valence electrons. The number of nitrogens with zero attached hydrogens (tertiary/aromatic N) is 4. The largest absolute Gasteiger partial charge is 0.327 e. The van der Waals surface area contributed by atoms with Gasteiger partial charge in [-0.2, -0.15) is 5.10 Å². The zero-order valence-corrected chi connectivity index (χ0v) is 17.5. The Morgan fingerprint density at radius 1 is 1.07 bits per heavy atom. The van der Waals surface area contributed by atoms with Crippen LogP contribution in [-0.4, -0.2) is 44.1 Å². The van der Waals surface area contributed by atoms with Gasteiger partial charge in [0.05, 0.1) is 16.4 Å². The number of rotatable bonds is 4. The van der Waals surface area contributed by atoms with E-state index in [-0.39, 0.29) is 11.8 Å². The second kappa shape index (κ2) is 8.85. The average molecular weight is 444 g/mol. The van der Waals surface area contributed by atoms with Crippen LogP contribution in [0.3, 0.4) is 0 Å². The first-order chi connectivity index (χ1) is 14.5. The number of benzene rings is 2. The highest BCUT2D eigenvalue weighted by Gasteiger charge is 2.33. The molecule has 3 aromatic rings. The minimum absolute atomic E-state index is 0.179. The number of hydrogen-bond donors (Lipinski definition) is 1. The molecule has 1 aliphatic rings. The summed E-state index contributed by atoms with van der Waals surface area (Å²) in [5.41, 5.74) is 1.79. The molecule has 1 N–H and O–H groups in total. The van der Waals surface area contributed by atoms with Gasteiger partial charge in [0.15, 0.2) is 0 Å². The van der Waals surface area contributed by atoms with E-state index >= 15 is 0 Å². The van der Waals surface area contributed by atoms with Crippen LogP contribution in [0.4, 0.5) is 5.69 Å². The smallest absolute Gasteiger partial charge is 0.254 e. The van der Waals surface area contributed by atoms with Crippen molar-refractivity contribution in [2.24, 2.45) is 0 Å². The molecular weight excluding hydrogens is 425 g/mol. The molecule has 0 spiro atoms. The predicted octanol–water partition coefficient (Wildman–Crippen LogP) is 4.21. The van der Waals surface area contributed by atoms with E-state index in [0.29, 0.717) is 34.3 Å². The lowest BCUT2D eigenvalue weighted by Crippen LogP contribution is -2.50. The summed E-state index contributed by atoms with van der Waals surface area (Å²) in [6, 6.07) is 11.4. The summed E-state index contributed by atoms with van der Waals surface area (Å²) in [6.07, 6.45) is 5.36. The van der Waals surface area contributed by atoms with Crippen molar-refractivity contribution in [3.05, 3.63) is 70.7 Å². The highest BCUT2D eigenvalue weighted by Crippen LogP contribution is 2.27. The molecule has 9 heteroatoms. The third-order valence-corrected chi connectivity index (χ3v) is 5.60. The Balaban J connectivity index is 1.51. The lowest BCUT2D eigenvalue weighted by molar-refractivity contribution is -0.121. The van der Waals surface area contributed by atoms with E-state index in [1.807, 2.05) is 0 Å². The molecule has 1 saturated heterocycles. The van der Waals surface area contributed by atoms with Gasteiger partial charge >= 0.3 is 0 Å². The quantitative estimate of drug-likeness (QED) is 0.654. The van der Waals surface area contributed by atoms with Crippen molar-refractivity contribution in [3.63, 3.8) is 0 Å². The molecule has 2 aromatic carbocycles. The Morgan fingerprint density at radius 3 is 2.57 bits per heavy atom. The highest BCUT2D eigenvalue weighted by molar-refractivity contribution is 6.36. The second-order valence-electron chi connectivity index (χ2n) is 7.01. The molecule has 1 unspecified atom stereocenters. The number of aromatic nitrogens is 3. The monoisotopic (exact) mass is 443 g/mol. The number of carbonyl (C=O) groups is 2. The molecule has 4 rings (SSSR count). The van der Waals surface area contributed by atoms with Gasteiger partial charge in [0.2, 0.25) is 5.91 Å². The zero-order chi connectivity index (χ0) is 21.1. The summed E-state index contributed by atoms with van der Waals surface area (Å²) < 4.78 is 1.61. The minimum Gasteiger partial charge on any atom is -0.327 e. The number of piperidine rings is 1. The molecule has 0 saturated carbocycles. The number of carbonyl (C=O) groups excluding carboxylic acids is 2. The third kappa shape index (κ3) is 4.32. The first-order valence-corrected chi connectivity index (χ1v) is 10.3. The summed E-state index contributed by atoms with van der Waals surface area (Å²) >= 11 is 12.1. The van der Waals surface area contributed by atoms with Gasteiger partial charge in [0, 0.05) is 17.1 Å². The number of amides is 2. The van der Waals surface area contributed by atoms with Gasteiger partial charge in [-0.15, -0.1) is 0 Å². The van der Waals surface area contributed by atoms with E-state index in [2.05, 4.69) is 15.4 Å². The minimum atomic E-state index is -0.562. The average Bonchev–Trinajstić information content (AvgIpc) is 3.30. The van der Waals surface area contributed by atoms with Crippen molar-refractivity contribution in [2.75, 3.05) is 11.9 Å². The molecule has 0 radical (unpaired) electrons. The molecule has 7 nitrogen and oxygen atoms in total. The van der Waals surface area contributed by atoms with Gasteiger partial charge in [0.25, 0.3) is 5.91 Å². The summed E-state index contributed by atoms with van der Waals surface area (Å²) in [4.78, 5) is 31.6. The normalized spacial score (nSPS) is 16.3. The van der Waals surface area contributed by atoms with Gasteiger partial charge in [0.1, 0.15) is 18.7 Å². The van der Waals surface area contributed by atoms with E-state index in [1.54, 1.807) is 58.4 Å². The Kier molecular flexibility index (Phi) is 6.01. The molecular formula is C21H19Cl2N5O2. The van der Waals surface area contributed by atoms with Crippen molar-refractivity contribution < 1.29 is 9.59 Å². The molecule has 1 aliphatic heterocycles. The van der Waals surface area contributed by atoms with Crippen molar-refractivity contribution in [1.29, 1.82) is 0 Å². The number of halogens is 2. The van der Waals surface area contributed by atoms with Crippen LogP contribution in [-0.2, 0) is 4.79 Å². The maximum atomic E-state index is 13.1. The van der Waals surface area contributed by atoms with Crippen LogP contribution >= 0.6 is 23.2 Å². The molecule has 1 atom stereocenters. The maximum Gasteiger partial charge on any atom is 0.254 e. The van der Waals surface area contributed by atoms with Crippen LogP contribution in [0.1, 0.15) is 29.6 Å². The Morgan fingerprint density at radius 2 is 1.87 bits per heavy atom. The van der Waals surface area contributed by atoms with E-state index < -0.39 is 6.04 Å². The third-order valence-electron chi connectivity index (χ3n) is 5.05. The molecule has 30 heavy (non-hydrogen) atoms. The van der Waals surface area contributed by atoms with Crippen LogP contribution in [0.25, 0.3) is 5.69 Å². The number of nitrogens with one attached hydrogen (secondary N) is 1. The number of hydrogen-bond acceptors (Lipinski definition) is 4. The van der Waals surface area contributed by atoms with Crippen LogP contribution in [0.15, 0.2) is 55.1 Å². The summed E-state index contributed by atoms with van der Waals surface area (Å²) in [6.45, 7) is 0.524. The molecule has 0 aliphatic carbocycles. The van der Waals surface area contributed by atoms with Gasteiger partial charge in [-0.1, -0.05) is 23.2 Å². The fourth-order valence-electron chi connectivity index (χ4n) is 3.52. The second-order valence-corrected chi connectivity index (χ2v) is 7.85. The summed E-state index contributed by atoms with van der Waals surface area (Å²) in [5, 5.41) is 7.75. The van der Waals surface area contributed by atoms with Gasteiger partial charge in [-0.25, -0.2) is 9.67 Å². The lowest BCUT2D eigenvalue weighted by Gasteiger charge is -2.34. The Hall–Kier alpha value is -2.90. The van der Waals surface area contributed by atoms with Crippen LogP contribution in [0.2, 0.25) is 10.0 Å². The summed E-state index contributed by atoms with van der Waals surface area (Å²) in [7, 11) is 0. The van der Waals surface area contributed by atoms with Gasteiger partial charge in [-0.05, 0) is 61.7 Å². The molecule has 2 amide bonds. The van der Waals surface area contributed by atoms with Crippen LogP contribution in [0, 0.1) is 0 Å². The van der Waals surface area contributed by atoms with Gasteiger partial charge < -0.3 is 10.2 Å². The predicted molar refractivity (Wildman–Crippen MR) is 115 cm³/mol. The van der Waals surface area contributed by atoms with E-state index in [1.165, 1.54) is 6.33 Å². The lowest BCUT2D eigenvalue weighted by atomic mass is 9.99. The van der Waals surface area contributed by atoms with Crippen molar-refractivity contribution in [2.45, 2.75) is 25.3 Å². The fraction of sp³-hybridized carbons (Fsp3) is 0.238. The zero-order valence-electron chi connectivity index (χ0n) is 16.0. The summed E-state index contributed by atoms with van der Waals surface area (Å²) in [5.74, 6) is -0.436. The first kappa shape index (κ1) is 20.4. The topological polar surface area (TPSA) is 80.1 Å². The molecule has 1 aromatic heterocycles. The SMILES string of the molecule is O=C(Nc1ccc(Cl)cc1Cl)C1CCCCN1C(=O)c1ccc(-n2cncn2)cc1. The number of likely N-dealkylation sites (tertiary alicyclic amines) is 1. The van der Waals surface area contributed by atoms with E-state index in [9.17, 15) is 9.59 Å². The maximum absolute atomic E-state index is 13.1. The van der Waals surface area contributed by atoms with E-state index in [0.717, 1.165) is 18.5 Å². The van der Waals surface area contributed by atoms with Crippen molar-refractivity contribution in [1.82, 2.24) is 19.7 Å². The first-order valence-electron chi connectivity index (χ1n) is 9.55. The molecule has 0 bridgehead atoms. The number of anilines is 1. The van der Waals surface area contributed by atoms with E-state index in [4.69, 9.17) is 23.2 Å². The van der Waals surface area contributed by atoms with Crippen molar-refractivity contribution >= 4 is 40.7 Å².